The van der Waals surface area contributed by atoms with Crippen LogP contribution in [0.1, 0.15) is 56.1 Å². The highest BCUT2D eigenvalue weighted by molar-refractivity contribution is 5.79. The zero-order chi connectivity index (χ0) is 27.8. The lowest BCUT2D eigenvalue weighted by atomic mass is 9.73. The first kappa shape index (κ1) is 28.6. The first-order chi connectivity index (χ1) is 19.5. The summed E-state index contributed by atoms with van der Waals surface area (Å²) in [6.07, 6.45) is 11.9. The van der Waals surface area contributed by atoms with Gasteiger partial charge in [0, 0.05) is 51.0 Å². The van der Waals surface area contributed by atoms with Crippen molar-refractivity contribution in [3.05, 3.63) is 59.9 Å². The molecule has 0 atom stereocenters. The molecular weight excluding hydrogens is 502 g/mol. The van der Waals surface area contributed by atoms with Gasteiger partial charge >= 0.3 is 0 Å². The molecule has 40 heavy (non-hydrogen) atoms. The Balaban J connectivity index is 1.23. The van der Waals surface area contributed by atoms with Gasteiger partial charge < -0.3 is 15.4 Å². The molecule has 8 heteroatoms. The Hall–Kier alpha value is -2.97. The highest BCUT2D eigenvalue weighted by Gasteiger charge is 2.37. The second-order valence-corrected chi connectivity index (χ2v) is 12.1. The Kier molecular flexibility index (Phi) is 9.70. The van der Waals surface area contributed by atoms with Crippen LogP contribution >= 0.6 is 0 Å². The quantitative estimate of drug-likeness (QED) is 0.616. The molecule has 3 aliphatic rings. The maximum Gasteiger partial charge on any atom is 0.236 e. The van der Waals surface area contributed by atoms with Crippen LogP contribution in [-0.2, 0) is 22.6 Å². The molecule has 0 aliphatic carbocycles. The predicted molar refractivity (Wildman–Crippen MR) is 156 cm³/mol. The average molecular weight is 548 g/mol. The van der Waals surface area contributed by atoms with Gasteiger partial charge in [0.1, 0.15) is 12.4 Å². The normalized spacial score (nSPS) is 21.6. The molecule has 1 aromatic heterocycles. The van der Waals surface area contributed by atoms with E-state index in [9.17, 15) is 9.59 Å². The van der Waals surface area contributed by atoms with E-state index in [0.29, 0.717) is 13.2 Å². The molecule has 216 valence electrons. The Bertz CT molecular complexity index is 1110. The van der Waals surface area contributed by atoms with Gasteiger partial charge in [-0.05, 0) is 86.7 Å². The van der Waals surface area contributed by atoms with E-state index in [1.54, 1.807) is 0 Å². The summed E-state index contributed by atoms with van der Waals surface area (Å²) in [6.45, 7) is 6.99. The van der Waals surface area contributed by atoms with Crippen molar-refractivity contribution in [2.24, 2.45) is 17.1 Å². The van der Waals surface area contributed by atoms with E-state index in [-0.39, 0.29) is 23.1 Å². The molecule has 2 amide bonds. The Morgan fingerprint density at radius 1 is 0.950 bits per heavy atom. The second-order valence-electron chi connectivity index (χ2n) is 12.1. The van der Waals surface area contributed by atoms with E-state index < -0.39 is 0 Å². The summed E-state index contributed by atoms with van der Waals surface area (Å²) < 4.78 is 6.30. The van der Waals surface area contributed by atoms with Gasteiger partial charge in [-0.1, -0.05) is 30.7 Å². The minimum Gasteiger partial charge on any atom is -0.492 e. The number of fused-ring (bicyclic) bond motifs is 1. The maximum atomic E-state index is 13.2. The second kappa shape index (κ2) is 13.6. The number of ether oxygens (including phenoxy) is 1. The number of aryl methyl sites for hydroxylation is 1. The van der Waals surface area contributed by atoms with Gasteiger partial charge in [-0.2, -0.15) is 0 Å². The number of likely N-dealkylation sites (tertiary alicyclic amines) is 2. The molecule has 0 bridgehead atoms. The number of carbonyl (C=O) groups excluding carboxylic acids is 2. The van der Waals surface area contributed by atoms with Crippen molar-refractivity contribution in [1.82, 2.24) is 19.7 Å². The Morgan fingerprint density at radius 3 is 2.50 bits per heavy atom. The van der Waals surface area contributed by atoms with Gasteiger partial charge in [0.15, 0.2) is 0 Å². The van der Waals surface area contributed by atoms with Gasteiger partial charge in [-0.3, -0.25) is 24.4 Å². The number of para-hydroxylation sites is 1. The van der Waals surface area contributed by atoms with Crippen molar-refractivity contribution in [3.8, 4) is 5.75 Å². The topological polar surface area (TPSA) is 92.0 Å². The van der Waals surface area contributed by atoms with E-state index in [0.717, 1.165) is 90.1 Å². The molecule has 2 N–H and O–H groups in total. The fraction of sp³-hybridized carbons (Fsp3) is 0.594. The number of primary amides is 1. The summed E-state index contributed by atoms with van der Waals surface area (Å²) in [6, 6.07) is 12.6. The number of nitrogens with two attached hydrogens (primary N) is 1. The molecule has 0 radical (unpaired) electrons. The largest absolute Gasteiger partial charge is 0.492 e. The van der Waals surface area contributed by atoms with Crippen molar-refractivity contribution in [1.29, 1.82) is 0 Å². The van der Waals surface area contributed by atoms with E-state index in [2.05, 4.69) is 50.0 Å². The van der Waals surface area contributed by atoms with Crippen LogP contribution in [0.4, 0.5) is 0 Å². The molecule has 1 aromatic carbocycles. The summed E-state index contributed by atoms with van der Waals surface area (Å²) in [5, 5.41) is 0. The van der Waals surface area contributed by atoms with Crippen LogP contribution in [0, 0.1) is 11.3 Å². The molecule has 4 heterocycles. The molecule has 2 saturated heterocycles. The van der Waals surface area contributed by atoms with Crippen LogP contribution in [0.5, 0.6) is 5.75 Å². The average Bonchev–Trinajstić information content (AvgIpc) is 2.96. The number of piperidine rings is 2. The fourth-order valence-corrected chi connectivity index (χ4v) is 6.77. The lowest BCUT2D eigenvalue weighted by molar-refractivity contribution is -0.135. The van der Waals surface area contributed by atoms with E-state index in [1.807, 2.05) is 18.5 Å². The third-order valence-corrected chi connectivity index (χ3v) is 9.25. The van der Waals surface area contributed by atoms with Crippen molar-refractivity contribution in [3.63, 3.8) is 0 Å². The zero-order valence-electron chi connectivity index (χ0n) is 23.8. The molecule has 2 fully saturated rings. The summed E-state index contributed by atoms with van der Waals surface area (Å²) >= 11 is 0. The highest BCUT2D eigenvalue weighted by atomic mass is 16.5. The first-order valence-electron chi connectivity index (χ1n) is 15.1. The number of hydrogen-bond acceptors (Lipinski definition) is 6. The summed E-state index contributed by atoms with van der Waals surface area (Å²) in [7, 11) is 0. The fourth-order valence-electron chi connectivity index (χ4n) is 6.77. The lowest BCUT2D eigenvalue weighted by Crippen LogP contribution is -2.51. The van der Waals surface area contributed by atoms with Crippen molar-refractivity contribution in [2.45, 2.75) is 57.9 Å². The van der Waals surface area contributed by atoms with E-state index >= 15 is 0 Å². The minimum atomic E-state index is -0.210. The van der Waals surface area contributed by atoms with E-state index in [1.165, 1.54) is 24.0 Å². The number of hydrogen-bond donors (Lipinski definition) is 1. The molecule has 5 rings (SSSR count). The zero-order valence-corrected chi connectivity index (χ0v) is 23.8. The third-order valence-electron chi connectivity index (χ3n) is 9.25. The van der Waals surface area contributed by atoms with Crippen LogP contribution < -0.4 is 10.5 Å². The van der Waals surface area contributed by atoms with Crippen LogP contribution in [0.15, 0.2) is 48.8 Å². The molecule has 0 unspecified atom stereocenters. The number of aromatic nitrogens is 1. The van der Waals surface area contributed by atoms with Gasteiger partial charge in [-0.15, -0.1) is 0 Å². The molecule has 8 nitrogen and oxygen atoms in total. The van der Waals surface area contributed by atoms with Crippen LogP contribution in [0.2, 0.25) is 0 Å². The van der Waals surface area contributed by atoms with E-state index in [4.69, 9.17) is 10.5 Å². The molecule has 2 aromatic rings. The Labute approximate surface area is 238 Å². The Morgan fingerprint density at radius 2 is 1.75 bits per heavy atom. The van der Waals surface area contributed by atoms with Crippen molar-refractivity contribution < 1.29 is 14.3 Å². The van der Waals surface area contributed by atoms with Crippen LogP contribution in [0.3, 0.4) is 0 Å². The monoisotopic (exact) mass is 547 g/mol. The smallest absolute Gasteiger partial charge is 0.236 e. The standard InChI is InChI=1S/C32H45N5O3/c33-31(39)28-10-16-35(17-11-28)24-30(38)37-18-13-32(14-19-37)12-4-3-8-27-7-1-2-9-29(27)40-21-20-36(25-32)23-26-6-5-15-34-22-26/h1-2,5-7,9,15,22,28H,3-4,8,10-14,16-21,23-25H2,(H2,33,39). The summed E-state index contributed by atoms with van der Waals surface area (Å²) in [5.41, 5.74) is 8.20. The third kappa shape index (κ3) is 7.61. The number of carbonyl (C=O) groups is 2. The van der Waals surface area contributed by atoms with Gasteiger partial charge in [0.2, 0.25) is 11.8 Å². The first-order valence-corrected chi connectivity index (χ1v) is 15.1. The number of amides is 2. The van der Waals surface area contributed by atoms with Gasteiger partial charge in [0.05, 0.1) is 6.54 Å². The van der Waals surface area contributed by atoms with Crippen LogP contribution in [0.25, 0.3) is 0 Å². The maximum absolute atomic E-state index is 13.2. The number of rotatable bonds is 5. The summed E-state index contributed by atoms with van der Waals surface area (Å²) in [4.78, 5) is 35.9. The van der Waals surface area contributed by atoms with Gasteiger partial charge in [0.25, 0.3) is 0 Å². The summed E-state index contributed by atoms with van der Waals surface area (Å²) in [5.74, 6) is 0.982. The molecular formula is C32H45N5O3. The number of nitrogens with zero attached hydrogens (tertiary/aromatic N) is 4. The molecule has 1 spiro atoms. The molecule has 0 saturated carbocycles. The molecule has 3 aliphatic heterocycles. The predicted octanol–water partition coefficient (Wildman–Crippen LogP) is 3.50. The number of pyridine rings is 1. The lowest BCUT2D eigenvalue weighted by Gasteiger charge is -2.45. The van der Waals surface area contributed by atoms with Crippen molar-refractivity contribution >= 4 is 11.8 Å². The highest BCUT2D eigenvalue weighted by Crippen LogP contribution is 2.39. The SMILES string of the molecule is NC(=O)C1CCN(CC(=O)N2CCC3(CCCCc4ccccc4OCCN(Cc4cccnc4)C3)CC2)CC1. The minimum absolute atomic E-state index is 0.0456. The van der Waals surface area contributed by atoms with Crippen LogP contribution in [-0.4, -0.2) is 83.9 Å². The van der Waals surface area contributed by atoms with Gasteiger partial charge in [-0.25, -0.2) is 0 Å². The number of benzene rings is 1. The van der Waals surface area contributed by atoms with Crippen molar-refractivity contribution in [2.75, 3.05) is 52.4 Å².